The lowest BCUT2D eigenvalue weighted by Crippen LogP contribution is -2.27. The van der Waals surface area contributed by atoms with Gasteiger partial charge in [-0.05, 0) is 54.1 Å². The smallest absolute Gasteiger partial charge is 0.293 e. The van der Waals surface area contributed by atoms with Gasteiger partial charge in [-0.25, -0.2) is 0 Å². The van der Waals surface area contributed by atoms with Gasteiger partial charge in [-0.2, -0.15) is 0 Å². The molecule has 1 aliphatic heterocycles. The Kier molecular flexibility index (Phi) is 6.06. The number of aryl methyl sites for hydroxylation is 1. The number of primary amides is 1. The van der Waals surface area contributed by atoms with Crippen LogP contribution in [0.2, 0.25) is 5.02 Å². The van der Waals surface area contributed by atoms with E-state index < -0.39 is 5.91 Å². The van der Waals surface area contributed by atoms with Gasteiger partial charge in [-0.15, -0.1) is 0 Å². The highest BCUT2D eigenvalue weighted by atomic mass is 35.5. The molecule has 1 aliphatic rings. The quantitative estimate of drug-likeness (QED) is 0.724. The summed E-state index contributed by atoms with van der Waals surface area (Å²) in [5, 5.41) is 0.0814. The summed E-state index contributed by atoms with van der Waals surface area (Å²) in [6, 6.07) is 12.3. The number of halogens is 1. The zero-order chi connectivity index (χ0) is 20.3. The van der Waals surface area contributed by atoms with Crippen molar-refractivity contribution in [1.82, 2.24) is 4.90 Å². The van der Waals surface area contributed by atoms with Gasteiger partial charge in [0.1, 0.15) is 5.75 Å². The molecule has 0 aromatic heterocycles. The topological polar surface area (TPSA) is 89.7 Å². The van der Waals surface area contributed by atoms with Crippen molar-refractivity contribution in [3.05, 3.63) is 69.1 Å². The Morgan fingerprint density at radius 1 is 1.25 bits per heavy atom. The molecule has 2 aromatic rings. The average Bonchev–Trinajstić information content (AvgIpc) is 2.90. The van der Waals surface area contributed by atoms with Crippen LogP contribution in [0.25, 0.3) is 6.08 Å². The summed E-state index contributed by atoms with van der Waals surface area (Å²) < 4.78 is 5.37. The Bertz CT molecular complexity index is 990. The fourth-order valence-electron chi connectivity index (χ4n) is 2.65. The molecule has 0 spiro atoms. The van der Waals surface area contributed by atoms with Crippen LogP contribution in [0, 0.1) is 6.92 Å². The Hall–Kier alpha value is -2.77. The minimum Gasteiger partial charge on any atom is -0.483 e. The van der Waals surface area contributed by atoms with E-state index in [0.29, 0.717) is 16.3 Å². The molecule has 8 heteroatoms. The molecule has 6 nitrogen and oxygen atoms in total. The molecule has 2 aromatic carbocycles. The summed E-state index contributed by atoms with van der Waals surface area (Å²) in [6.07, 6.45) is 1.53. The largest absolute Gasteiger partial charge is 0.483 e. The Balaban J connectivity index is 1.86. The number of carbonyl (C=O) groups is 3. The van der Waals surface area contributed by atoms with Crippen molar-refractivity contribution in [2.24, 2.45) is 5.73 Å². The number of rotatable bonds is 6. The molecule has 2 N–H and O–H groups in total. The number of amides is 3. The summed E-state index contributed by atoms with van der Waals surface area (Å²) in [7, 11) is 0. The van der Waals surface area contributed by atoms with Crippen molar-refractivity contribution >= 4 is 46.5 Å². The second kappa shape index (κ2) is 8.50. The zero-order valence-corrected chi connectivity index (χ0v) is 16.5. The van der Waals surface area contributed by atoms with Crippen molar-refractivity contribution in [2.45, 2.75) is 13.5 Å². The van der Waals surface area contributed by atoms with Gasteiger partial charge in [0.05, 0.1) is 11.4 Å². The monoisotopic (exact) mass is 416 g/mol. The lowest BCUT2D eigenvalue weighted by Gasteiger charge is -2.14. The van der Waals surface area contributed by atoms with E-state index in [0.717, 1.165) is 22.9 Å². The maximum absolute atomic E-state index is 12.8. The number of hydrogen-bond acceptors (Lipinski definition) is 5. The number of nitrogens with two attached hydrogens (primary N) is 1. The van der Waals surface area contributed by atoms with E-state index in [1.165, 1.54) is 11.0 Å². The molecule has 0 aliphatic carbocycles. The molecule has 1 heterocycles. The predicted octanol–water partition coefficient (Wildman–Crippen LogP) is 3.75. The number of benzene rings is 2. The third-order valence-electron chi connectivity index (χ3n) is 4.09. The van der Waals surface area contributed by atoms with Crippen LogP contribution in [0.1, 0.15) is 16.7 Å². The maximum Gasteiger partial charge on any atom is 0.293 e. The number of carbonyl (C=O) groups excluding carboxylic acids is 3. The highest BCUT2D eigenvalue weighted by Crippen LogP contribution is 2.35. The second-order valence-electron chi connectivity index (χ2n) is 6.13. The van der Waals surface area contributed by atoms with Crippen LogP contribution in [-0.4, -0.2) is 28.6 Å². The van der Waals surface area contributed by atoms with Crippen LogP contribution in [0.5, 0.6) is 5.75 Å². The minimum atomic E-state index is -0.626. The van der Waals surface area contributed by atoms with Gasteiger partial charge in [-0.3, -0.25) is 19.3 Å². The maximum atomic E-state index is 12.8. The fraction of sp³-hybridized carbons (Fsp3) is 0.150. The molecule has 0 atom stereocenters. The van der Waals surface area contributed by atoms with Crippen molar-refractivity contribution in [3.8, 4) is 5.75 Å². The van der Waals surface area contributed by atoms with E-state index in [1.54, 1.807) is 18.2 Å². The predicted molar refractivity (Wildman–Crippen MR) is 109 cm³/mol. The number of hydrogen-bond donors (Lipinski definition) is 1. The molecule has 1 fully saturated rings. The van der Waals surface area contributed by atoms with Crippen molar-refractivity contribution in [3.63, 3.8) is 0 Å². The summed E-state index contributed by atoms with van der Waals surface area (Å²) in [6.45, 7) is 1.82. The first-order valence-electron chi connectivity index (χ1n) is 8.35. The van der Waals surface area contributed by atoms with Gasteiger partial charge in [-0.1, -0.05) is 35.9 Å². The van der Waals surface area contributed by atoms with E-state index in [-0.39, 0.29) is 29.2 Å². The summed E-state index contributed by atoms with van der Waals surface area (Å²) >= 11 is 6.89. The molecule has 3 rings (SSSR count). The van der Waals surface area contributed by atoms with Crippen LogP contribution in [-0.2, 0) is 16.1 Å². The first kappa shape index (κ1) is 20.0. The lowest BCUT2D eigenvalue weighted by atomic mass is 10.1. The van der Waals surface area contributed by atoms with E-state index in [2.05, 4.69) is 0 Å². The first-order chi connectivity index (χ1) is 13.3. The van der Waals surface area contributed by atoms with Crippen LogP contribution in [0.15, 0.2) is 47.4 Å². The third kappa shape index (κ3) is 4.55. The minimum absolute atomic E-state index is 0.204. The van der Waals surface area contributed by atoms with E-state index >= 15 is 0 Å². The molecular formula is C20H17ClN2O4S. The highest BCUT2D eigenvalue weighted by molar-refractivity contribution is 8.18. The number of nitrogens with zero attached hydrogens (tertiary/aromatic N) is 1. The van der Waals surface area contributed by atoms with Crippen molar-refractivity contribution in [1.29, 1.82) is 0 Å². The van der Waals surface area contributed by atoms with E-state index in [4.69, 9.17) is 22.1 Å². The summed E-state index contributed by atoms with van der Waals surface area (Å²) in [5.41, 5.74) is 7.50. The third-order valence-corrected chi connectivity index (χ3v) is 5.23. The number of imide groups is 1. The molecule has 1 saturated heterocycles. The van der Waals surface area contributed by atoms with Gasteiger partial charge in [0.15, 0.2) is 6.61 Å². The van der Waals surface area contributed by atoms with Gasteiger partial charge >= 0.3 is 0 Å². The molecule has 28 heavy (non-hydrogen) atoms. The normalized spacial score (nSPS) is 15.4. The first-order valence-corrected chi connectivity index (χ1v) is 9.55. The van der Waals surface area contributed by atoms with E-state index in [9.17, 15) is 14.4 Å². The zero-order valence-electron chi connectivity index (χ0n) is 15.0. The molecular weight excluding hydrogens is 400 g/mol. The number of thioether (sulfide) groups is 1. The van der Waals surface area contributed by atoms with Gasteiger partial charge in [0, 0.05) is 10.6 Å². The second-order valence-corrected chi connectivity index (χ2v) is 7.56. The Labute approximate surface area is 171 Å². The average molecular weight is 417 g/mol. The molecule has 0 unspecified atom stereocenters. The summed E-state index contributed by atoms with van der Waals surface area (Å²) in [4.78, 5) is 37.6. The molecule has 0 bridgehead atoms. The Morgan fingerprint density at radius 3 is 2.71 bits per heavy atom. The lowest BCUT2D eigenvalue weighted by molar-refractivity contribution is -0.123. The Morgan fingerprint density at radius 2 is 2.00 bits per heavy atom. The number of ether oxygens (including phenoxy) is 1. The standard InChI is InChI=1S/C20H17ClN2O4S/c1-12-4-2-3-5-13(12)10-23-19(25)17(28-20(23)26)9-14-8-15(21)6-7-16(14)27-11-18(22)24/h2-9H,10-11H2,1H3,(H2,22,24)/b17-9-. The molecule has 144 valence electrons. The molecule has 0 radical (unpaired) electrons. The van der Waals surface area contributed by atoms with Crippen LogP contribution in [0.3, 0.4) is 0 Å². The van der Waals surface area contributed by atoms with Gasteiger partial charge < -0.3 is 10.5 Å². The molecule has 0 saturated carbocycles. The fourth-order valence-corrected chi connectivity index (χ4v) is 3.66. The van der Waals surface area contributed by atoms with Crippen molar-refractivity contribution < 1.29 is 19.1 Å². The molecule has 3 amide bonds. The van der Waals surface area contributed by atoms with Crippen molar-refractivity contribution in [2.75, 3.05) is 6.61 Å². The van der Waals surface area contributed by atoms with Crippen LogP contribution < -0.4 is 10.5 Å². The van der Waals surface area contributed by atoms with Gasteiger partial charge in [0.25, 0.3) is 17.1 Å². The van der Waals surface area contributed by atoms with E-state index in [1.807, 2.05) is 31.2 Å². The van der Waals surface area contributed by atoms with Gasteiger partial charge in [0.2, 0.25) is 0 Å². The SMILES string of the molecule is Cc1ccccc1CN1C(=O)S/C(=C\c2cc(Cl)ccc2OCC(N)=O)C1=O. The summed E-state index contributed by atoms with van der Waals surface area (Å²) in [5.74, 6) is -0.674. The highest BCUT2D eigenvalue weighted by Gasteiger charge is 2.35. The van der Waals surface area contributed by atoms with Crippen LogP contribution >= 0.6 is 23.4 Å². The van der Waals surface area contributed by atoms with Crippen LogP contribution in [0.4, 0.5) is 4.79 Å².